The Labute approximate surface area is 150 Å². The summed E-state index contributed by atoms with van der Waals surface area (Å²) in [5.41, 5.74) is 1.54. The summed E-state index contributed by atoms with van der Waals surface area (Å²) in [6, 6.07) is 9.96. The second-order valence-corrected chi connectivity index (χ2v) is 7.87. The van der Waals surface area contributed by atoms with Crippen molar-refractivity contribution in [1.82, 2.24) is 4.72 Å². The molecule has 0 fully saturated rings. The molecule has 0 aliphatic rings. The van der Waals surface area contributed by atoms with E-state index in [0.717, 1.165) is 5.56 Å². The molecule has 0 radical (unpaired) electrons. The Morgan fingerprint density at radius 3 is 2.17 bits per heavy atom. The van der Waals surface area contributed by atoms with Crippen molar-refractivity contribution in [3.05, 3.63) is 63.6 Å². The number of benzene rings is 2. The molecule has 0 aliphatic carbocycles. The molecule has 5 nitrogen and oxygen atoms in total. The van der Waals surface area contributed by atoms with Gasteiger partial charge in [-0.15, -0.1) is 0 Å². The van der Waals surface area contributed by atoms with E-state index in [1.807, 2.05) is 6.92 Å². The predicted octanol–water partition coefficient (Wildman–Crippen LogP) is 3.80. The normalized spacial score (nSPS) is 12.8. The number of sulfonamides is 1. The van der Waals surface area contributed by atoms with Gasteiger partial charge in [0.05, 0.1) is 17.4 Å². The summed E-state index contributed by atoms with van der Waals surface area (Å²) < 4.78 is 27.5. The second kappa shape index (κ2) is 7.53. The molecule has 24 heavy (non-hydrogen) atoms. The maximum absolute atomic E-state index is 12.5. The Hall–Kier alpha value is -1.60. The first-order chi connectivity index (χ1) is 11.2. The number of rotatable bonds is 6. The molecule has 0 spiro atoms. The standard InChI is InChI=1S/C16H15Cl2NO4S/c1-10-2-4-11(5-3-10)15(9-16(20)21)19-24(22,23)14-7-12(17)6-13(18)8-14/h2-8,15,19H,9H2,1H3,(H,20,21)/t15-/m1/s1. The molecule has 0 bridgehead atoms. The van der Waals surface area contributed by atoms with E-state index in [-0.39, 0.29) is 14.9 Å². The number of carboxylic acid groups (broad SMARTS) is 1. The highest BCUT2D eigenvalue weighted by Gasteiger charge is 2.24. The SMILES string of the molecule is Cc1ccc([C@@H](CC(=O)O)NS(=O)(=O)c2cc(Cl)cc(Cl)c2)cc1. The maximum Gasteiger partial charge on any atom is 0.305 e. The van der Waals surface area contributed by atoms with Gasteiger partial charge in [0, 0.05) is 10.0 Å². The summed E-state index contributed by atoms with van der Waals surface area (Å²) >= 11 is 11.7. The fourth-order valence-corrected chi connectivity index (χ4v) is 4.09. The number of hydrogen-bond donors (Lipinski definition) is 2. The number of nitrogens with one attached hydrogen (secondary N) is 1. The molecule has 0 saturated heterocycles. The van der Waals surface area contributed by atoms with E-state index < -0.39 is 28.5 Å². The highest BCUT2D eigenvalue weighted by atomic mass is 35.5. The Morgan fingerprint density at radius 2 is 1.67 bits per heavy atom. The van der Waals surface area contributed by atoms with E-state index in [1.54, 1.807) is 24.3 Å². The van der Waals surface area contributed by atoms with Crippen molar-refractivity contribution in [2.45, 2.75) is 24.3 Å². The number of hydrogen-bond acceptors (Lipinski definition) is 3. The van der Waals surface area contributed by atoms with Crippen molar-refractivity contribution >= 4 is 39.2 Å². The van der Waals surface area contributed by atoms with Crippen LogP contribution in [0.3, 0.4) is 0 Å². The van der Waals surface area contributed by atoms with E-state index in [1.165, 1.54) is 18.2 Å². The number of aliphatic carboxylic acids is 1. The fourth-order valence-electron chi connectivity index (χ4n) is 2.14. The summed E-state index contributed by atoms with van der Waals surface area (Å²) in [4.78, 5) is 11.0. The highest BCUT2D eigenvalue weighted by Crippen LogP contribution is 2.25. The average molecular weight is 388 g/mol. The molecule has 2 aromatic carbocycles. The van der Waals surface area contributed by atoms with Crippen LogP contribution in [-0.2, 0) is 14.8 Å². The third kappa shape index (κ3) is 4.95. The minimum absolute atomic E-state index is 0.123. The zero-order valence-corrected chi connectivity index (χ0v) is 15.0. The zero-order chi connectivity index (χ0) is 17.9. The largest absolute Gasteiger partial charge is 0.481 e. The van der Waals surface area contributed by atoms with Crippen molar-refractivity contribution in [2.24, 2.45) is 0 Å². The number of carboxylic acids is 1. The van der Waals surface area contributed by atoms with Gasteiger partial charge in [0.2, 0.25) is 10.0 Å². The number of carbonyl (C=O) groups is 1. The van der Waals surface area contributed by atoms with Crippen molar-refractivity contribution < 1.29 is 18.3 Å². The van der Waals surface area contributed by atoms with Crippen molar-refractivity contribution in [3.63, 3.8) is 0 Å². The first-order valence-electron chi connectivity index (χ1n) is 6.94. The molecular formula is C16H15Cl2NO4S. The van der Waals surface area contributed by atoms with Gasteiger partial charge in [-0.1, -0.05) is 53.0 Å². The van der Waals surface area contributed by atoms with E-state index in [2.05, 4.69) is 4.72 Å². The van der Waals surface area contributed by atoms with Crippen LogP contribution in [0.1, 0.15) is 23.6 Å². The van der Waals surface area contributed by atoms with Gasteiger partial charge in [-0.25, -0.2) is 13.1 Å². The average Bonchev–Trinajstić information content (AvgIpc) is 2.45. The lowest BCUT2D eigenvalue weighted by molar-refractivity contribution is -0.137. The third-order valence-corrected chi connectivity index (χ3v) is 5.19. The maximum atomic E-state index is 12.5. The summed E-state index contributed by atoms with van der Waals surface area (Å²) in [5.74, 6) is -1.12. The summed E-state index contributed by atoms with van der Waals surface area (Å²) in [7, 11) is -3.99. The monoisotopic (exact) mass is 387 g/mol. The van der Waals surface area contributed by atoms with Crippen molar-refractivity contribution in [1.29, 1.82) is 0 Å². The Kier molecular flexibility index (Phi) is 5.87. The Balaban J connectivity index is 2.37. The van der Waals surface area contributed by atoms with Crippen molar-refractivity contribution in [3.8, 4) is 0 Å². The van der Waals surface area contributed by atoms with Crippen LogP contribution in [0.5, 0.6) is 0 Å². The lowest BCUT2D eigenvalue weighted by Crippen LogP contribution is -2.30. The van der Waals surface area contributed by atoms with Gasteiger partial charge in [0.1, 0.15) is 0 Å². The molecule has 0 amide bonds. The lowest BCUT2D eigenvalue weighted by Gasteiger charge is -2.18. The van der Waals surface area contributed by atoms with Crippen LogP contribution in [0.2, 0.25) is 10.0 Å². The molecule has 0 unspecified atom stereocenters. The van der Waals surface area contributed by atoms with E-state index in [4.69, 9.17) is 28.3 Å². The molecule has 128 valence electrons. The molecule has 0 saturated carbocycles. The molecular weight excluding hydrogens is 373 g/mol. The Morgan fingerprint density at radius 1 is 1.12 bits per heavy atom. The highest BCUT2D eigenvalue weighted by molar-refractivity contribution is 7.89. The fraction of sp³-hybridized carbons (Fsp3) is 0.188. The number of aryl methyl sites for hydroxylation is 1. The summed E-state index contributed by atoms with van der Waals surface area (Å²) in [6.07, 6.45) is -0.392. The molecule has 2 aromatic rings. The van der Waals surface area contributed by atoms with Crippen LogP contribution in [0, 0.1) is 6.92 Å². The summed E-state index contributed by atoms with van der Waals surface area (Å²) in [6.45, 7) is 1.88. The van der Waals surface area contributed by atoms with Crippen LogP contribution >= 0.6 is 23.2 Å². The van der Waals surface area contributed by atoms with Gasteiger partial charge in [-0.3, -0.25) is 4.79 Å². The van der Waals surface area contributed by atoms with Gasteiger partial charge in [0.15, 0.2) is 0 Å². The van der Waals surface area contributed by atoms with E-state index >= 15 is 0 Å². The zero-order valence-electron chi connectivity index (χ0n) is 12.7. The molecule has 0 aliphatic heterocycles. The smallest absolute Gasteiger partial charge is 0.305 e. The first-order valence-corrected chi connectivity index (χ1v) is 9.18. The van der Waals surface area contributed by atoms with Gasteiger partial charge >= 0.3 is 5.97 Å². The lowest BCUT2D eigenvalue weighted by atomic mass is 10.0. The van der Waals surface area contributed by atoms with E-state index in [9.17, 15) is 13.2 Å². The molecule has 2 N–H and O–H groups in total. The van der Waals surface area contributed by atoms with Crippen LogP contribution in [-0.4, -0.2) is 19.5 Å². The molecule has 2 rings (SSSR count). The van der Waals surface area contributed by atoms with Gasteiger partial charge in [-0.05, 0) is 30.7 Å². The molecule has 0 aromatic heterocycles. The van der Waals surface area contributed by atoms with Crippen LogP contribution < -0.4 is 4.72 Å². The van der Waals surface area contributed by atoms with Gasteiger partial charge < -0.3 is 5.11 Å². The van der Waals surface area contributed by atoms with Crippen LogP contribution in [0.4, 0.5) is 0 Å². The molecule has 1 atom stereocenters. The Bertz CT molecular complexity index is 831. The summed E-state index contributed by atoms with van der Waals surface area (Å²) in [5, 5.41) is 9.43. The van der Waals surface area contributed by atoms with Crippen LogP contribution in [0.25, 0.3) is 0 Å². The molecule has 0 heterocycles. The van der Waals surface area contributed by atoms with Gasteiger partial charge in [-0.2, -0.15) is 0 Å². The van der Waals surface area contributed by atoms with Crippen LogP contribution in [0.15, 0.2) is 47.4 Å². The quantitative estimate of drug-likeness (QED) is 0.789. The van der Waals surface area contributed by atoms with Crippen molar-refractivity contribution in [2.75, 3.05) is 0 Å². The minimum atomic E-state index is -3.99. The number of halogens is 2. The predicted molar refractivity (Wildman–Crippen MR) is 93.0 cm³/mol. The molecule has 8 heteroatoms. The van der Waals surface area contributed by atoms with E-state index in [0.29, 0.717) is 5.56 Å². The second-order valence-electron chi connectivity index (χ2n) is 5.29. The topological polar surface area (TPSA) is 83.5 Å². The first kappa shape index (κ1) is 18.7. The third-order valence-electron chi connectivity index (χ3n) is 3.30. The minimum Gasteiger partial charge on any atom is -0.481 e. The van der Waals surface area contributed by atoms with Gasteiger partial charge in [0.25, 0.3) is 0 Å².